The van der Waals surface area contributed by atoms with Crippen molar-refractivity contribution >= 4 is 15.9 Å². The Balaban J connectivity index is 4.07. The highest BCUT2D eigenvalue weighted by molar-refractivity contribution is 9.10. The molecule has 0 heterocycles. The number of hydrogen-bond donors (Lipinski definition) is 0. The lowest BCUT2D eigenvalue weighted by Gasteiger charge is -2.32. The summed E-state index contributed by atoms with van der Waals surface area (Å²) in [6.07, 6.45) is 1.12. The molecule has 0 saturated carbocycles. The van der Waals surface area contributed by atoms with Gasteiger partial charge in [0.25, 0.3) is 0 Å². The van der Waals surface area contributed by atoms with Gasteiger partial charge >= 0.3 is 0 Å². The minimum Gasteiger partial charge on any atom is -0.374 e. The standard InChI is InChI=1S/C13H27BrO/c1-10(2)11(3)8-13(6,7)15-9-12(4,5)14/h10-11H,8-9H2,1-7H3. The van der Waals surface area contributed by atoms with Crippen LogP contribution < -0.4 is 0 Å². The van der Waals surface area contributed by atoms with Crippen LogP contribution in [0.4, 0.5) is 0 Å². The molecule has 0 aromatic rings. The third-order valence-electron chi connectivity index (χ3n) is 2.76. The predicted octanol–water partition coefficient (Wildman–Crippen LogP) is 4.64. The Kier molecular flexibility index (Phi) is 5.84. The molecule has 1 nitrogen and oxygen atoms in total. The third kappa shape index (κ3) is 8.27. The topological polar surface area (TPSA) is 9.23 Å². The molecule has 0 aromatic heterocycles. The van der Waals surface area contributed by atoms with Gasteiger partial charge < -0.3 is 4.74 Å². The van der Waals surface area contributed by atoms with E-state index in [0.29, 0.717) is 5.92 Å². The second-order valence-electron chi connectivity index (χ2n) is 6.19. The summed E-state index contributed by atoms with van der Waals surface area (Å²) in [7, 11) is 0. The first-order chi connectivity index (χ1) is 6.53. The molecule has 0 bridgehead atoms. The largest absolute Gasteiger partial charge is 0.374 e. The average Bonchev–Trinajstić information content (AvgIpc) is 1.99. The maximum atomic E-state index is 5.97. The molecule has 0 aliphatic heterocycles. The number of alkyl halides is 1. The van der Waals surface area contributed by atoms with Crippen molar-refractivity contribution in [2.45, 2.75) is 64.8 Å². The molecular weight excluding hydrogens is 252 g/mol. The highest BCUT2D eigenvalue weighted by Gasteiger charge is 2.26. The first-order valence-electron chi connectivity index (χ1n) is 5.86. The summed E-state index contributed by atoms with van der Waals surface area (Å²) in [6.45, 7) is 16.2. The van der Waals surface area contributed by atoms with Crippen LogP contribution in [0.25, 0.3) is 0 Å². The van der Waals surface area contributed by atoms with E-state index < -0.39 is 0 Å². The van der Waals surface area contributed by atoms with Crippen LogP contribution in [0.3, 0.4) is 0 Å². The van der Waals surface area contributed by atoms with Crippen molar-refractivity contribution in [1.29, 1.82) is 0 Å². The molecule has 0 aliphatic carbocycles. The van der Waals surface area contributed by atoms with Gasteiger partial charge in [0.1, 0.15) is 0 Å². The molecule has 0 rings (SSSR count). The molecule has 1 unspecified atom stereocenters. The molecule has 1 atom stereocenters. The first-order valence-corrected chi connectivity index (χ1v) is 6.66. The van der Waals surface area contributed by atoms with Crippen LogP contribution in [-0.4, -0.2) is 16.5 Å². The summed E-state index contributed by atoms with van der Waals surface area (Å²) in [4.78, 5) is 0. The molecule has 0 radical (unpaired) electrons. The second kappa shape index (κ2) is 5.67. The van der Waals surface area contributed by atoms with Crippen LogP contribution >= 0.6 is 15.9 Å². The van der Waals surface area contributed by atoms with E-state index in [4.69, 9.17) is 4.74 Å². The summed E-state index contributed by atoms with van der Waals surface area (Å²) < 4.78 is 6.04. The van der Waals surface area contributed by atoms with Crippen LogP contribution in [0.5, 0.6) is 0 Å². The fraction of sp³-hybridized carbons (Fsp3) is 1.00. The normalized spacial score (nSPS) is 15.8. The molecular formula is C13H27BrO. The molecule has 15 heavy (non-hydrogen) atoms. The van der Waals surface area contributed by atoms with E-state index in [1.54, 1.807) is 0 Å². The number of ether oxygens (including phenoxy) is 1. The second-order valence-corrected chi connectivity index (χ2v) is 8.34. The molecule has 2 heteroatoms. The summed E-state index contributed by atoms with van der Waals surface area (Å²) in [5.41, 5.74) is -0.0191. The minimum atomic E-state index is -0.0191. The van der Waals surface area contributed by atoms with Crippen molar-refractivity contribution in [3.8, 4) is 0 Å². The Labute approximate surface area is 104 Å². The zero-order valence-electron chi connectivity index (χ0n) is 11.4. The minimum absolute atomic E-state index is 0.0191. The molecule has 0 aliphatic rings. The summed E-state index contributed by atoms with van der Waals surface area (Å²) >= 11 is 3.60. The molecule has 0 aromatic carbocycles. The summed E-state index contributed by atoms with van der Waals surface area (Å²) in [6, 6.07) is 0. The third-order valence-corrected chi connectivity index (χ3v) is 2.99. The van der Waals surface area contributed by atoms with E-state index in [9.17, 15) is 0 Å². The van der Waals surface area contributed by atoms with E-state index in [2.05, 4.69) is 64.4 Å². The summed E-state index contributed by atoms with van der Waals surface area (Å²) in [5, 5.41) is 0. The van der Waals surface area contributed by atoms with E-state index in [0.717, 1.165) is 18.9 Å². The van der Waals surface area contributed by atoms with Gasteiger partial charge in [-0.15, -0.1) is 0 Å². The van der Waals surface area contributed by atoms with Gasteiger partial charge in [0.2, 0.25) is 0 Å². The van der Waals surface area contributed by atoms with Gasteiger partial charge in [0.15, 0.2) is 0 Å². The van der Waals surface area contributed by atoms with Crippen LogP contribution in [-0.2, 0) is 4.74 Å². The van der Waals surface area contributed by atoms with Crippen molar-refractivity contribution in [1.82, 2.24) is 0 Å². The predicted molar refractivity (Wildman–Crippen MR) is 71.7 cm³/mol. The molecule has 92 valence electrons. The lowest BCUT2D eigenvalue weighted by molar-refractivity contribution is -0.0423. The maximum Gasteiger partial charge on any atom is 0.0629 e. The Morgan fingerprint density at radius 3 is 1.87 bits per heavy atom. The van der Waals surface area contributed by atoms with Gasteiger partial charge in [0.05, 0.1) is 12.2 Å². The van der Waals surface area contributed by atoms with Gasteiger partial charge in [-0.1, -0.05) is 36.7 Å². The Morgan fingerprint density at radius 1 is 1.07 bits per heavy atom. The molecule has 0 N–H and O–H groups in total. The van der Waals surface area contributed by atoms with E-state index >= 15 is 0 Å². The van der Waals surface area contributed by atoms with Crippen molar-refractivity contribution in [3.05, 3.63) is 0 Å². The number of rotatable bonds is 6. The zero-order chi connectivity index (χ0) is 12.3. The van der Waals surface area contributed by atoms with Crippen molar-refractivity contribution in [2.24, 2.45) is 11.8 Å². The highest BCUT2D eigenvalue weighted by atomic mass is 79.9. The lowest BCUT2D eigenvalue weighted by atomic mass is 9.87. The monoisotopic (exact) mass is 278 g/mol. The van der Waals surface area contributed by atoms with Crippen molar-refractivity contribution < 1.29 is 4.74 Å². The van der Waals surface area contributed by atoms with Crippen molar-refractivity contribution in [2.75, 3.05) is 6.61 Å². The highest BCUT2D eigenvalue weighted by Crippen LogP contribution is 2.27. The smallest absolute Gasteiger partial charge is 0.0629 e. The van der Waals surface area contributed by atoms with Gasteiger partial charge in [-0.25, -0.2) is 0 Å². The van der Waals surface area contributed by atoms with Gasteiger partial charge in [-0.3, -0.25) is 0 Å². The van der Waals surface area contributed by atoms with E-state index in [1.807, 2.05) is 0 Å². The van der Waals surface area contributed by atoms with E-state index in [-0.39, 0.29) is 9.93 Å². The lowest BCUT2D eigenvalue weighted by Crippen LogP contribution is -2.33. The van der Waals surface area contributed by atoms with Crippen molar-refractivity contribution in [3.63, 3.8) is 0 Å². The van der Waals surface area contributed by atoms with Crippen LogP contribution in [0.2, 0.25) is 0 Å². The number of halogens is 1. The SMILES string of the molecule is CC(C)C(C)CC(C)(C)OCC(C)(C)Br. The van der Waals surface area contributed by atoms with E-state index in [1.165, 1.54) is 0 Å². The first kappa shape index (κ1) is 15.4. The Morgan fingerprint density at radius 2 is 1.53 bits per heavy atom. The van der Waals surface area contributed by atoms with Gasteiger partial charge in [-0.2, -0.15) is 0 Å². The number of hydrogen-bond acceptors (Lipinski definition) is 1. The Bertz CT molecular complexity index is 179. The molecule has 0 spiro atoms. The van der Waals surface area contributed by atoms with Gasteiger partial charge in [-0.05, 0) is 46.0 Å². The van der Waals surface area contributed by atoms with Crippen LogP contribution in [0.15, 0.2) is 0 Å². The fourth-order valence-electron chi connectivity index (χ4n) is 1.44. The zero-order valence-corrected chi connectivity index (χ0v) is 12.9. The quantitative estimate of drug-likeness (QED) is 0.644. The van der Waals surface area contributed by atoms with Crippen LogP contribution in [0, 0.1) is 11.8 Å². The Hall–Kier alpha value is 0.440. The summed E-state index contributed by atoms with van der Waals surface area (Å²) in [5.74, 6) is 1.43. The molecule has 0 amide bonds. The maximum absolute atomic E-state index is 5.97. The van der Waals surface area contributed by atoms with Gasteiger partial charge in [0, 0.05) is 4.32 Å². The molecule has 0 fully saturated rings. The average molecular weight is 279 g/mol. The van der Waals surface area contributed by atoms with Crippen LogP contribution in [0.1, 0.15) is 54.9 Å². The molecule has 0 saturated heterocycles. The fourth-order valence-corrected chi connectivity index (χ4v) is 1.55.